The maximum atomic E-state index is 12.0. The smallest absolute Gasteiger partial charge is 0.224 e. The summed E-state index contributed by atoms with van der Waals surface area (Å²) in [5, 5.41) is 3.12. The van der Waals surface area contributed by atoms with Gasteiger partial charge in [0.1, 0.15) is 0 Å². The number of hydrogen-bond donors (Lipinski definition) is 2. The monoisotopic (exact) mass is 292 g/mol. The molecule has 1 amide bonds. The van der Waals surface area contributed by atoms with Gasteiger partial charge in [-0.3, -0.25) is 4.79 Å². The summed E-state index contributed by atoms with van der Waals surface area (Å²) in [5.41, 5.74) is 7.39. The fourth-order valence-electron chi connectivity index (χ4n) is 2.79. The molecule has 0 heterocycles. The minimum absolute atomic E-state index is 0.105. The van der Waals surface area contributed by atoms with Gasteiger partial charge in [0.15, 0.2) is 0 Å². The first-order chi connectivity index (χ1) is 9.63. The Hall–Kier alpha value is -1.16. The fraction of sp³-hybridized carbons (Fsp3) is 0.562. The van der Waals surface area contributed by atoms with E-state index in [1.165, 1.54) is 32.1 Å². The third-order valence-corrected chi connectivity index (χ3v) is 5.57. The molecule has 1 aliphatic carbocycles. The number of nitrogens with two attached hydrogens (primary N) is 1. The molecule has 0 radical (unpaired) electrons. The minimum atomic E-state index is 0.105. The first kappa shape index (κ1) is 15.2. The molecule has 4 heteroatoms. The van der Waals surface area contributed by atoms with E-state index in [1.807, 2.05) is 36.0 Å². The Morgan fingerprint density at radius 1 is 1.25 bits per heavy atom. The van der Waals surface area contributed by atoms with Crippen molar-refractivity contribution < 1.29 is 4.79 Å². The molecule has 1 aromatic carbocycles. The predicted molar refractivity (Wildman–Crippen MR) is 86.9 cm³/mol. The average molecular weight is 292 g/mol. The highest BCUT2D eigenvalue weighted by molar-refractivity contribution is 8.00. The molecule has 0 spiro atoms. The van der Waals surface area contributed by atoms with Gasteiger partial charge in [0.05, 0.1) is 6.42 Å². The van der Waals surface area contributed by atoms with Crippen molar-refractivity contribution in [2.45, 2.75) is 43.3 Å². The number of nitrogens with one attached hydrogen (secondary N) is 1. The Morgan fingerprint density at radius 3 is 2.50 bits per heavy atom. The van der Waals surface area contributed by atoms with Gasteiger partial charge in [-0.1, -0.05) is 31.4 Å². The molecule has 0 saturated heterocycles. The van der Waals surface area contributed by atoms with Gasteiger partial charge in [0.2, 0.25) is 5.91 Å². The van der Waals surface area contributed by atoms with Crippen molar-refractivity contribution in [1.29, 1.82) is 0 Å². The van der Waals surface area contributed by atoms with E-state index < -0.39 is 0 Å². The van der Waals surface area contributed by atoms with Crippen LogP contribution in [0.3, 0.4) is 0 Å². The van der Waals surface area contributed by atoms with Crippen LogP contribution in [0.25, 0.3) is 0 Å². The van der Waals surface area contributed by atoms with Crippen molar-refractivity contribution >= 4 is 23.4 Å². The number of anilines is 1. The molecule has 1 fully saturated rings. The highest BCUT2D eigenvalue weighted by Crippen LogP contribution is 2.37. The van der Waals surface area contributed by atoms with Gasteiger partial charge in [-0.2, -0.15) is 11.8 Å². The number of carbonyl (C=O) groups is 1. The summed E-state index contributed by atoms with van der Waals surface area (Å²) in [6, 6.07) is 7.51. The molecule has 1 aromatic rings. The summed E-state index contributed by atoms with van der Waals surface area (Å²) in [5.74, 6) is 0.105. The van der Waals surface area contributed by atoms with E-state index in [0.29, 0.717) is 6.42 Å². The lowest BCUT2D eigenvalue weighted by atomic mass is 9.88. The van der Waals surface area contributed by atoms with Crippen molar-refractivity contribution in [2.24, 2.45) is 0 Å². The Balaban J connectivity index is 1.83. The van der Waals surface area contributed by atoms with E-state index in [9.17, 15) is 4.79 Å². The van der Waals surface area contributed by atoms with E-state index >= 15 is 0 Å². The number of nitrogen functional groups attached to an aromatic ring is 1. The SMILES string of the molecule is CSC1(CNC(=O)Cc2ccc(N)cc2)CCCCC1. The zero-order valence-electron chi connectivity index (χ0n) is 12.2. The molecule has 20 heavy (non-hydrogen) atoms. The molecule has 0 unspecified atom stereocenters. The number of thioether (sulfide) groups is 1. The van der Waals surface area contributed by atoms with Crippen molar-refractivity contribution in [2.75, 3.05) is 18.5 Å². The predicted octanol–water partition coefficient (Wildman–Crippen LogP) is 2.99. The molecular formula is C16H24N2OS. The van der Waals surface area contributed by atoms with Crippen LogP contribution in [-0.4, -0.2) is 23.5 Å². The number of benzene rings is 1. The molecule has 1 saturated carbocycles. The van der Waals surface area contributed by atoms with Crippen LogP contribution in [0.5, 0.6) is 0 Å². The Labute approximate surface area is 125 Å². The van der Waals surface area contributed by atoms with E-state index in [4.69, 9.17) is 5.73 Å². The zero-order chi connectivity index (χ0) is 14.4. The second kappa shape index (κ2) is 7.02. The van der Waals surface area contributed by atoms with E-state index in [2.05, 4.69) is 11.6 Å². The van der Waals surface area contributed by atoms with Crippen molar-refractivity contribution in [3.05, 3.63) is 29.8 Å². The molecule has 1 aliphatic rings. The van der Waals surface area contributed by atoms with Gasteiger partial charge in [0, 0.05) is 17.0 Å². The zero-order valence-corrected chi connectivity index (χ0v) is 13.0. The van der Waals surface area contributed by atoms with Crippen LogP contribution < -0.4 is 11.1 Å². The summed E-state index contributed by atoms with van der Waals surface area (Å²) in [6.45, 7) is 0.794. The van der Waals surface area contributed by atoms with Gasteiger partial charge < -0.3 is 11.1 Å². The van der Waals surface area contributed by atoms with Crippen LogP contribution >= 0.6 is 11.8 Å². The first-order valence-corrected chi connectivity index (χ1v) is 8.52. The lowest BCUT2D eigenvalue weighted by Gasteiger charge is -2.35. The molecule has 0 aliphatic heterocycles. The van der Waals surface area contributed by atoms with E-state index in [1.54, 1.807) is 0 Å². The maximum absolute atomic E-state index is 12.0. The minimum Gasteiger partial charge on any atom is -0.399 e. The van der Waals surface area contributed by atoms with Crippen molar-refractivity contribution in [3.8, 4) is 0 Å². The van der Waals surface area contributed by atoms with Gasteiger partial charge in [-0.25, -0.2) is 0 Å². The van der Waals surface area contributed by atoms with Crippen LogP contribution in [-0.2, 0) is 11.2 Å². The summed E-state index contributed by atoms with van der Waals surface area (Å²) >= 11 is 1.91. The normalized spacial score (nSPS) is 17.6. The third-order valence-electron chi connectivity index (χ3n) is 4.15. The van der Waals surface area contributed by atoms with Crippen LogP contribution in [0.1, 0.15) is 37.7 Å². The van der Waals surface area contributed by atoms with Crippen molar-refractivity contribution in [3.63, 3.8) is 0 Å². The Bertz CT molecular complexity index is 438. The maximum Gasteiger partial charge on any atom is 0.224 e. The number of hydrogen-bond acceptors (Lipinski definition) is 3. The summed E-state index contributed by atoms with van der Waals surface area (Å²) in [6.07, 6.45) is 8.94. The quantitative estimate of drug-likeness (QED) is 0.820. The number of rotatable bonds is 5. The standard InChI is InChI=1S/C16H24N2OS/c1-20-16(9-3-2-4-10-16)12-18-15(19)11-13-5-7-14(17)8-6-13/h5-8H,2-4,9-12,17H2,1H3,(H,18,19). The largest absolute Gasteiger partial charge is 0.399 e. The van der Waals surface area contributed by atoms with Gasteiger partial charge >= 0.3 is 0 Å². The van der Waals surface area contributed by atoms with Crippen LogP contribution in [0.15, 0.2) is 24.3 Å². The number of carbonyl (C=O) groups excluding carboxylic acids is 1. The molecule has 3 nitrogen and oxygen atoms in total. The molecular weight excluding hydrogens is 268 g/mol. The van der Waals surface area contributed by atoms with Crippen LogP contribution in [0.2, 0.25) is 0 Å². The van der Waals surface area contributed by atoms with Gasteiger partial charge in [0.25, 0.3) is 0 Å². The summed E-state index contributed by atoms with van der Waals surface area (Å²) in [4.78, 5) is 12.0. The lowest BCUT2D eigenvalue weighted by Crippen LogP contribution is -2.42. The highest BCUT2D eigenvalue weighted by Gasteiger charge is 2.31. The third kappa shape index (κ3) is 4.17. The lowest BCUT2D eigenvalue weighted by molar-refractivity contribution is -0.120. The van der Waals surface area contributed by atoms with Crippen molar-refractivity contribution in [1.82, 2.24) is 5.32 Å². The molecule has 0 aromatic heterocycles. The molecule has 110 valence electrons. The topological polar surface area (TPSA) is 55.1 Å². The molecule has 0 bridgehead atoms. The van der Waals surface area contributed by atoms with Gasteiger partial charge in [-0.05, 0) is 36.8 Å². The second-order valence-electron chi connectivity index (χ2n) is 5.64. The Kier molecular flexibility index (Phi) is 5.35. The van der Waals surface area contributed by atoms with Crippen LogP contribution in [0, 0.1) is 0 Å². The Morgan fingerprint density at radius 2 is 1.90 bits per heavy atom. The summed E-state index contributed by atoms with van der Waals surface area (Å²) < 4.78 is 0.259. The molecule has 2 rings (SSSR count). The van der Waals surface area contributed by atoms with E-state index in [-0.39, 0.29) is 10.7 Å². The average Bonchev–Trinajstić information content (AvgIpc) is 2.49. The van der Waals surface area contributed by atoms with Crippen LogP contribution in [0.4, 0.5) is 5.69 Å². The first-order valence-electron chi connectivity index (χ1n) is 7.30. The fourth-order valence-corrected chi connectivity index (χ4v) is 3.71. The summed E-state index contributed by atoms with van der Waals surface area (Å²) in [7, 11) is 0. The second-order valence-corrected chi connectivity index (χ2v) is 6.92. The van der Waals surface area contributed by atoms with Gasteiger partial charge in [-0.15, -0.1) is 0 Å². The highest BCUT2D eigenvalue weighted by atomic mass is 32.2. The number of amides is 1. The van der Waals surface area contributed by atoms with E-state index in [0.717, 1.165) is 17.8 Å². The molecule has 3 N–H and O–H groups in total. The molecule has 0 atom stereocenters.